The summed E-state index contributed by atoms with van der Waals surface area (Å²) in [6.45, 7) is 0.770. The average molecular weight is 318 g/mol. The number of amides is 1. The van der Waals surface area contributed by atoms with E-state index in [4.69, 9.17) is 9.47 Å². The third-order valence-corrected chi connectivity index (χ3v) is 3.19. The number of hydrogen-bond acceptors (Lipinski definition) is 6. The van der Waals surface area contributed by atoms with Crippen LogP contribution in [0.2, 0.25) is 0 Å². The Morgan fingerprint density at radius 2 is 2.13 bits per heavy atom. The maximum Gasteiger partial charge on any atom is 0.341 e. The number of ether oxygens (including phenoxy) is 2. The first-order valence-corrected chi connectivity index (χ1v) is 6.98. The first kappa shape index (κ1) is 16.5. The average Bonchev–Trinajstić information content (AvgIpc) is 3.10. The Labute approximate surface area is 133 Å². The van der Waals surface area contributed by atoms with E-state index in [-0.39, 0.29) is 5.91 Å². The van der Waals surface area contributed by atoms with Crippen molar-refractivity contribution >= 4 is 11.9 Å². The van der Waals surface area contributed by atoms with Gasteiger partial charge in [0.15, 0.2) is 0 Å². The third-order valence-electron chi connectivity index (χ3n) is 3.19. The van der Waals surface area contributed by atoms with Crippen LogP contribution >= 0.6 is 0 Å². The highest BCUT2D eigenvalue weighted by molar-refractivity contribution is 5.92. The van der Waals surface area contributed by atoms with E-state index in [0.29, 0.717) is 30.8 Å². The van der Waals surface area contributed by atoms with Crippen molar-refractivity contribution < 1.29 is 19.1 Å². The quantitative estimate of drug-likeness (QED) is 0.758. The molecule has 2 aromatic rings. The van der Waals surface area contributed by atoms with Gasteiger partial charge in [-0.2, -0.15) is 5.10 Å². The lowest BCUT2D eigenvalue weighted by Gasteiger charge is -2.10. The minimum absolute atomic E-state index is 0.115. The van der Waals surface area contributed by atoms with Crippen molar-refractivity contribution in [3.05, 3.63) is 42.0 Å². The fourth-order valence-electron chi connectivity index (χ4n) is 1.99. The van der Waals surface area contributed by atoms with Gasteiger partial charge in [0.05, 0.1) is 20.8 Å². The molecule has 1 aromatic heterocycles. The highest BCUT2D eigenvalue weighted by Crippen LogP contribution is 2.20. The highest BCUT2D eigenvalue weighted by atomic mass is 16.5. The van der Waals surface area contributed by atoms with Crippen molar-refractivity contribution in [2.45, 2.75) is 19.5 Å². The van der Waals surface area contributed by atoms with Gasteiger partial charge in [0.2, 0.25) is 5.91 Å². The summed E-state index contributed by atoms with van der Waals surface area (Å²) in [7, 11) is 2.79. The monoisotopic (exact) mass is 318 g/mol. The number of aromatic nitrogens is 3. The summed E-state index contributed by atoms with van der Waals surface area (Å²) < 4.78 is 11.4. The number of carbonyl (C=O) groups excluding carboxylic acids is 2. The molecule has 0 bridgehead atoms. The number of carbonyl (C=O) groups is 2. The van der Waals surface area contributed by atoms with E-state index in [1.165, 1.54) is 20.5 Å². The Bertz CT molecular complexity index is 670. The van der Waals surface area contributed by atoms with Gasteiger partial charge in [-0.15, -0.1) is 0 Å². The van der Waals surface area contributed by atoms with Crippen LogP contribution in [-0.2, 0) is 22.6 Å². The van der Waals surface area contributed by atoms with Crippen LogP contribution in [0.15, 0.2) is 30.9 Å². The minimum atomic E-state index is -0.485. The van der Waals surface area contributed by atoms with E-state index < -0.39 is 5.97 Å². The van der Waals surface area contributed by atoms with Crippen LogP contribution in [-0.4, -0.2) is 40.9 Å². The molecule has 8 nitrogen and oxygen atoms in total. The first-order valence-electron chi connectivity index (χ1n) is 6.98. The smallest absolute Gasteiger partial charge is 0.341 e. The predicted octanol–water partition coefficient (Wildman–Crippen LogP) is 0.780. The normalized spacial score (nSPS) is 10.2. The predicted molar refractivity (Wildman–Crippen MR) is 80.8 cm³/mol. The molecule has 0 aliphatic heterocycles. The largest absolute Gasteiger partial charge is 0.496 e. The topological polar surface area (TPSA) is 95.3 Å². The fourth-order valence-corrected chi connectivity index (χ4v) is 1.99. The van der Waals surface area contributed by atoms with Gasteiger partial charge < -0.3 is 14.8 Å². The zero-order valence-corrected chi connectivity index (χ0v) is 13.0. The van der Waals surface area contributed by atoms with Gasteiger partial charge in [-0.05, 0) is 17.7 Å². The SMILES string of the molecule is COC(=O)c1cc(CNC(=O)CCn2cncn2)ccc1OC. The lowest BCUT2D eigenvalue weighted by molar-refractivity contribution is -0.121. The Morgan fingerprint density at radius 1 is 1.30 bits per heavy atom. The van der Waals surface area contributed by atoms with Gasteiger partial charge in [-0.3, -0.25) is 9.48 Å². The van der Waals surface area contributed by atoms with Gasteiger partial charge in [0.25, 0.3) is 0 Å². The summed E-state index contributed by atoms with van der Waals surface area (Å²) in [5.41, 5.74) is 1.10. The number of esters is 1. The molecule has 8 heteroatoms. The van der Waals surface area contributed by atoms with Gasteiger partial charge in [-0.25, -0.2) is 9.78 Å². The van der Waals surface area contributed by atoms with E-state index in [1.807, 2.05) is 0 Å². The lowest BCUT2D eigenvalue weighted by Crippen LogP contribution is -2.24. The second-order valence-corrected chi connectivity index (χ2v) is 4.71. The molecule has 0 saturated heterocycles. The maximum atomic E-state index is 11.8. The summed E-state index contributed by atoms with van der Waals surface area (Å²) in [5, 5.41) is 6.72. The summed E-state index contributed by atoms with van der Waals surface area (Å²) in [4.78, 5) is 27.3. The van der Waals surface area contributed by atoms with Crippen LogP contribution in [0.4, 0.5) is 0 Å². The lowest BCUT2D eigenvalue weighted by atomic mass is 10.1. The molecule has 1 amide bonds. The Hall–Kier alpha value is -2.90. The van der Waals surface area contributed by atoms with Crippen molar-refractivity contribution in [3.63, 3.8) is 0 Å². The van der Waals surface area contributed by atoms with E-state index in [2.05, 4.69) is 15.4 Å². The molecule has 0 aliphatic rings. The number of nitrogens with one attached hydrogen (secondary N) is 1. The van der Waals surface area contributed by atoms with Crippen LogP contribution in [0, 0.1) is 0 Å². The van der Waals surface area contributed by atoms with Crippen molar-refractivity contribution in [3.8, 4) is 5.75 Å². The number of methoxy groups -OCH3 is 2. The molecule has 0 saturated carbocycles. The van der Waals surface area contributed by atoms with E-state index >= 15 is 0 Å². The van der Waals surface area contributed by atoms with E-state index in [1.54, 1.807) is 29.2 Å². The molecule has 0 aliphatic carbocycles. The first-order chi connectivity index (χ1) is 11.1. The zero-order valence-electron chi connectivity index (χ0n) is 13.0. The van der Waals surface area contributed by atoms with Crippen molar-refractivity contribution in [1.29, 1.82) is 0 Å². The summed E-state index contributed by atoms with van der Waals surface area (Å²) >= 11 is 0. The number of aryl methyl sites for hydroxylation is 1. The number of benzene rings is 1. The zero-order chi connectivity index (χ0) is 16.7. The Morgan fingerprint density at radius 3 is 2.78 bits per heavy atom. The van der Waals surface area contributed by atoms with Crippen LogP contribution < -0.4 is 10.1 Å². The Balaban J connectivity index is 1.92. The molecule has 23 heavy (non-hydrogen) atoms. The molecule has 0 radical (unpaired) electrons. The van der Waals surface area contributed by atoms with Gasteiger partial charge in [0.1, 0.15) is 24.0 Å². The second-order valence-electron chi connectivity index (χ2n) is 4.71. The second kappa shape index (κ2) is 7.92. The van der Waals surface area contributed by atoms with Crippen molar-refractivity contribution in [2.24, 2.45) is 0 Å². The summed E-state index contributed by atoms with van der Waals surface area (Å²) in [6, 6.07) is 5.09. The molecule has 1 N–H and O–H groups in total. The fraction of sp³-hybridized carbons (Fsp3) is 0.333. The molecule has 2 rings (SSSR count). The summed E-state index contributed by atoms with van der Waals surface area (Å²) in [6.07, 6.45) is 3.27. The maximum absolute atomic E-state index is 11.8. The van der Waals surface area contributed by atoms with Crippen LogP contribution in [0.3, 0.4) is 0 Å². The van der Waals surface area contributed by atoms with Crippen molar-refractivity contribution in [1.82, 2.24) is 20.1 Å². The molecule has 1 aromatic carbocycles. The number of hydrogen-bond donors (Lipinski definition) is 1. The van der Waals surface area contributed by atoms with Crippen LogP contribution in [0.1, 0.15) is 22.3 Å². The Kier molecular flexibility index (Phi) is 5.67. The minimum Gasteiger partial charge on any atom is -0.496 e. The molecule has 0 unspecified atom stereocenters. The van der Waals surface area contributed by atoms with Crippen LogP contribution in [0.5, 0.6) is 5.75 Å². The molecular formula is C15H18N4O4. The highest BCUT2D eigenvalue weighted by Gasteiger charge is 2.13. The third kappa shape index (κ3) is 4.53. The van der Waals surface area contributed by atoms with Gasteiger partial charge in [0, 0.05) is 13.0 Å². The van der Waals surface area contributed by atoms with Crippen LogP contribution in [0.25, 0.3) is 0 Å². The van der Waals surface area contributed by atoms with E-state index in [9.17, 15) is 9.59 Å². The molecule has 122 valence electrons. The standard InChI is InChI=1S/C15H18N4O4/c1-22-13-4-3-11(7-12(13)15(21)23-2)8-17-14(20)5-6-19-10-16-9-18-19/h3-4,7,9-10H,5-6,8H2,1-2H3,(H,17,20). The molecule has 0 atom stereocenters. The molecule has 0 spiro atoms. The molecule has 0 fully saturated rings. The van der Waals surface area contributed by atoms with Gasteiger partial charge >= 0.3 is 5.97 Å². The van der Waals surface area contributed by atoms with E-state index in [0.717, 1.165) is 5.56 Å². The van der Waals surface area contributed by atoms with Crippen molar-refractivity contribution in [2.75, 3.05) is 14.2 Å². The molecule has 1 heterocycles. The molecular weight excluding hydrogens is 300 g/mol. The number of nitrogens with zero attached hydrogens (tertiary/aromatic N) is 3. The van der Waals surface area contributed by atoms with Gasteiger partial charge in [-0.1, -0.05) is 6.07 Å². The number of rotatable bonds is 7. The summed E-state index contributed by atoms with van der Waals surface area (Å²) in [5.74, 6) is -0.171.